The van der Waals surface area contributed by atoms with Crippen molar-refractivity contribution in [1.29, 1.82) is 0 Å². The van der Waals surface area contributed by atoms with E-state index in [1.165, 1.54) is 6.07 Å². The van der Waals surface area contributed by atoms with Gasteiger partial charge in [0.1, 0.15) is 5.69 Å². The van der Waals surface area contributed by atoms with Gasteiger partial charge in [0.15, 0.2) is 5.78 Å². The molecule has 2 N–H and O–H groups in total. The Bertz CT molecular complexity index is 469. The van der Waals surface area contributed by atoms with Crippen LogP contribution in [0.4, 0.5) is 11.4 Å². The molecule has 0 radical (unpaired) electrons. The van der Waals surface area contributed by atoms with Crippen molar-refractivity contribution in [2.45, 2.75) is 6.92 Å². The Morgan fingerprint density at radius 3 is 2.53 bits per heavy atom. The Morgan fingerprint density at radius 1 is 1.47 bits per heavy atom. The zero-order valence-electron chi connectivity index (χ0n) is 10.1. The van der Waals surface area contributed by atoms with Gasteiger partial charge >= 0.3 is 5.69 Å². The smallest absolute Gasteiger partial charge is 0.303 e. The number of carbonyl (C=O) groups is 1. The summed E-state index contributed by atoms with van der Waals surface area (Å²) in [5.74, 6) is -0.312. The van der Waals surface area contributed by atoms with Crippen molar-refractivity contribution in [2.75, 3.05) is 26.4 Å². The number of likely N-dealkylation sites (N-methyl/N-ethyl adjacent to an activating group) is 1. The van der Waals surface area contributed by atoms with Crippen molar-refractivity contribution in [2.24, 2.45) is 0 Å². The highest BCUT2D eigenvalue weighted by atomic mass is 16.6. The number of carbonyl (C=O) groups excluding carboxylic acids is 1. The van der Waals surface area contributed by atoms with Crippen LogP contribution < -0.4 is 5.73 Å². The lowest BCUT2D eigenvalue weighted by molar-refractivity contribution is -0.384. The van der Waals surface area contributed by atoms with E-state index in [0.717, 1.165) is 0 Å². The van der Waals surface area contributed by atoms with Gasteiger partial charge in [0.25, 0.3) is 0 Å². The highest BCUT2D eigenvalue weighted by Gasteiger charge is 2.24. The van der Waals surface area contributed by atoms with Crippen LogP contribution in [-0.2, 0) is 0 Å². The van der Waals surface area contributed by atoms with Crippen LogP contribution in [0.15, 0.2) is 12.1 Å². The number of rotatable bonds is 4. The molecule has 0 fully saturated rings. The number of nitrogens with two attached hydrogens (primary N) is 1. The summed E-state index contributed by atoms with van der Waals surface area (Å²) in [7, 11) is 3.45. The van der Waals surface area contributed by atoms with Gasteiger partial charge in [-0.05, 0) is 32.6 Å². The van der Waals surface area contributed by atoms with Crippen LogP contribution >= 0.6 is 0 Å². The molecule has 6 nitrogen and oxygen atoms in total. The van der Waals surface area contributed by atoms with Crippen molar-refractivity contribution in [3.05, 3.63) is 33.4 Å². The van der Waals surface area contributed by atoms with Gasteiger partial charge in [-0.2, -0.15) is 0 Å². The molecule has 92 valence electrons. The standard InChI is InChI=1S/C11H15N3O3/c1-7-4-5-8(9(15)6-13(2)3)11(10(7)12)14(16)17/h4-5H,6,12H2,1-3H3. The van der Waals surface area contributed by atoms with E-state index in [9.17, 15) is 14.9 Å². The third kappa shape index (κ3) is 2.79. The fourth-order valence-corrected chi connectivity index (χ4v) is 1.50. The van der Waals surface area contributed by atoms with Gasteiger partial charge in [0.2, 0.25) is 0 Å². The molecule has 0 heterocycles. The second-order valence-corrected chi connectivity index (χ2v) is 4.11. The van der Waals surface area contributed by atoms with Crippen LogP contribution in [0.5, 0.6) is 0 Å². The molecule has 0 aliphatic heterocycles. The monoisotopic (exact) mass is 237 g/mol. The number of anilines is 1. The number of aryl methyl sites for hydroxylation is 1. The summed E-state index contributed by atoms with van der Waals surface area (Å²) in [5.41, 5.74) is 6.06. The lowest BCUT2D eigenvalue weighted by Gasteiger charge is -2.10. The molecule has 0 bridgehead atoms. The Balaban J connectivity index is 3.29. The van der Waals surface area contributed by atoms with E-state index < -0.39 is 4.92 Å². The van der Waals surface area contributed by atoms with Crippen LogP contribution in [0.1, 0.15) is 15.9 Å². The Kier molecular flexibility index (Phi) is 3.80. The molecular formula is C11H15N3O3. The molecule has 0 unspecified atom stereocenters. The normalized spacial score (nSPS) is 10.6. The summed E-state index contributed by atoms with van der Waals surface area (Å²) in [4.78, 5) is 23.8. The Morgan fingerprint density at radius 2 is 2.06 bits per heavy atom. The van der Waals surface area contributed by atoms with Crippen molar-refractivity contribution in [1.82, 2.24) is 4.90 Å². The van der Waals surface area contributed by atoms with Crippen molar-refractivity contribution in [3.63, 3.8) is 0 Å². The van der Waals surface area contributed by atoms with E-state index in [4.69, 9.17) is 5.73 Å². The van der Waals surface area contributed by atoms with Gasteiger partial charge in [0.05, 0.1) is 17.0 Å². The number of hydrogen-bond donors (Lipinski definition) is 1. The minimum Gasteiger partial charge on any atom is -0.393 e. The second kappa shape index (κ2) is 4.92. The van der Waals surface area contributed by atoms with Crippen LogP contribution in [0, 0.1) is 17.0 Å². The fraction of sp³-hybridized carbons (Fsp3) is 0.364. The highest BCUT2D eigenvalue weighted by Crippen LogP contribution is 2.29. The summed E-state index contributed by atoms with van der Waals surface area (Å²) in [6.07, 6.45) is 0. The first-order valence-corrected chi connectivity index (χ1v) is 5.06. The zero-order valence-corrected chi connectivity index (χ0v) is 10.1. The lowest BCUT2D eigenvalue weighted by Crippen LogP contribution is -2.22. The maximum Gasteiger partial charge on any atom is 0.303 e. The molecule has 0 spiro atoms. The number of nitro groups is 1. The average Bonchev–Trinajstić information content (AvgIpc) is 2.19. The summed E-state index contributed by atoms with van der Waals surface area (Å²) in [6, 6.07) is 3.07. The van der Waals surface area contributed by atoms with Gasteiger partial charge in [-0.1, -0.05) is 6.07 Å². The molecule has 0 atom stereocenters. The molecule has 17 heavy (non-hydrogen) atoms. The molecule has 0 saturated carbocycles. The summed E-state index contributed by atoms with van der Waals surface area (Å²) in [5, 5.41) is 10.9. The largest absolute Gasteiger partial charge is 0.393 e. The van der Waals surface area contributed by atoms with Crippen molar-refractivity contribution >= 4 is 17.2 Å². The predicted molar refractivity (Wildman–Crippen MR) is 65.1 cm³/mol. The van der Waals surface area contributed by atoms with Gasteiger partial charge < -0.3 is 10.6 Å². The van der Waals surface area contributed by atoms with Crippen LogP contribution in [0.25, 0.3) is 0 Å². The van der Waals surface area contributed by atoms with E-state index in [1.54, 1.807) is 32.0 Å². The molecule has 1 aromatic carbocycles. The number of nitro benzene ring substituents is 1. The highest BCUT2D eigenvalue weighted by molar-refractivity contribution is 6.03. The minimum absolute atomic E-state index is 0.0552. The minimum atomic E-state index is -0.606. The van der Waals surface area contributed by atoms with Crippen LogP contribution in [0.3, 0.4) is 0 Å². The number of ketones is 1. The summed E-state index contributed by atoms with van der Waals surface area (Å²) >= 11 is 0. The topological polar surface area (TPSA) is 89.5 Å². The summed E-state index contributed by atoms with van der Waals surface area (Å²) in [6.45, 7) is 1.78. The molecule has 6 heteroatoms. The Labute approximate surface area is 99.2 Å². The first kappa shape index (κ1) is 13.1. The fourth-order valence-electron chi connectivity index (χ4n) is 1.50. The molecular weight excluding hydrogens is 222 g/mol. The van der Waals surface area contributed by atoms with Crippen molar-refractivity contribution < 1.29 is 9.72 Å². The number of hydrogen-bond acceptors (Lipinski definition) is 5. The molecule has 1 aromatic rings. The average molecular weight is 237 g/mol. The maximum absolute atomic E-state index is 11.8. The number of nitrogen functional groups attached to an aromatic ring is 1. The summed E-state index contributed by atoms with van der Waals surface area (Å²) < 4.78 is 0. The van der Waals surface area contributed by atoms with E-state index in [2.05, 4.69) is 0 Å². The maximum atomic E-state index is 11.8. The molecule has 0 aromatic heterocycles. The first-order chi connectivity index (χ1) is 7.84. The first-order valence-electron chi connectivity index (χ1n) is 5.06. The van der Waals surface area contributed by atoms with E-state index in [-0.39, 0.29) is 29.3 Å². The van der Waals surface area contributed by atoms with Crippen LogP contribution in [0.2, 0.25) is 0 Å². The quantitative estimate of drug-likeness (QED) is 0.368. The van der Waals surface area contributed by atoms with Gasteiger partial charge in [-0.25, -0.2) is 0 Å². The molecule has 0 amide bonds. The number of Topliss-reactive ketones (excluding diaryl/α,β-unsaturated/α-hetero) is 1. The molecule has 0 aliphatic rings. The van der Waals surface area contributed by atoms with Crippen molar-refractivity contribution in [3.8, 4) is 0 Å². The molecule has 1 rings (SSSR count). The van der Waals surface area contributed by atoms with Gasteiger partial charge in [-0.15, -0.1) is 0 Å². The predicted octanol–water partition coefficient (Wildman–Crippen LogP) is 1.23. The van der Waals surface area contributed by atoms with E-state index in [1.807, 2.05) is 0 Å². The number of nitrogens with zero attached hydrogens (tertiary/aromatic N) is 2. The zero-order chi connectivity index (χ0) is 13.2. The van der Waals surface area contributed by atoms with E-state index in [0.29, 0.717) is 5.56 Å². The SMILES string of the molecule is Cc1ccc(C(=O)CN(C)C)c([N+](=O)[O-])c1N. The Hall–Kier alpha value is -1.95. The van der Waals surface area contributed by atoms with E-state index >= 15 is 0 Å². The molecule has 0 saturated heterocycles. The third-order valence-corrected chi connectivity index (χ3v) is 2.38. The lowest BCUT2D eigenvalue weighted by atomic mass is 10.0. The van der Waals surface area contributed by atoms with Crippen LogP contribution in [-0.4, -0.2) is 36.2 Å². The third-order valence-electron chi connectivity index (χ3n) is 2.38. The second-order valence-electron chi connectivity index (χ2n) is 4.11. The molecule has 0 aliphatic carbocycles. The number of benzene rings is 1. The van der Waals surface area contributed by atoms with Gasteiger partial charge in [-0.3, -0.25) is 14.9 Å². The van der Waals surface area contributed by atoms with Gasteiger partial charge in [0, 0.05) is 0 Å².